The minimum Gasteiger partial charge on any atom is -0.352 e. The van der Waals surface area contributed by atoms with E-state index in [4.69, 9.17) is 0 Å². The minimum absolute atomic E-state index is 0.0642. The van der Waals surface area contributed by atoms with Crippen LogP contribution in [-0.2, 0) is 4.79 Å². The molecule has 5 heteroatoms. The van der Waals surface area contributed by atoms with Crippen LogP contribution in [0.3, 0.4) is 0 Å². The van der Waals surface area contributed by atoms with Crippen LogP contribution in [0.2, 0.25) is 0 Å². The van der Waals surface area contributed by atoms with E-state index in [9.17, 15) is 9.59 Å². The van der Waals surface area contributed by atoms with Gasteiger partial charge in [-0.25, -0.2) is 0 Å². The monoisotopic (exact) mass is 359 g/mol. The van der Waals surface area contributed by atoms with Gasteiger partial charge in [-0.05, 0) is 50.9 Å². The number of likely N-dealkylation sites (tertiary alicyclic amines) is 1. The molecule has 1 fully saturated rings. The van der Waals surface area contributed by atoms with E-state index < -0.39 is 5.41 Å². The molecule has 2 rings (SSSR count). The van der Waals surface area contributed by atoms with Crippen LogP contribution in [0.25, 0.3) is 0 Å². The number of amides is 2. The number of carbonyl (C=O) groups excluding carboxylic acids is 2. The molecule has 0 radical (unpaired) electrons. The first-order chi connectivity index (χ1) is 12.3. The molecule has 1 atom stereocenters. The zero-order valence-corrected chi connectivity index (χ0v) is 16.6. The molecule has 1 heterocycles. The molecule has 1 aliphatic rings. The summed E-state index contributed by atoms with van der Waals surface area (Å²) < 4.78 is 0. The molecule has 2 amide bonds. The Morgan fingerprint density at radius 3 is 2.69 bits per heavy atom. The van der Waals surface area contributed by atoms with Crippen LogP contribution in [0.1, 0.15) is 63.7 Å². The summed E-state index contributed by atoms with van der Waals surface area (Å²) in [6, 6.07) is 7.75. The second-order valence-electron chi connectivity index (χ2n) is 8.28. The first-order valence-corrected chi connectivity index (χ1v) is 9.71. The summed E-state index contributed by atoms with van der Waals surface area (Å²) in [5, 5.41) is 5.85. The molecule has 1 aromatic carbocycles. The zero-order chi connectivity index (χ0) is 19.2. The first kappa shape index (κ1) is 20.4. The van der Waals surface area contributed by atoms with Crippen LogP contribution in [0.5, 0.6) is 0 Å². The third-order valence-electron chi connectivity index (χ3n) is 4.91. The number of rotatable bonds is 6. The number of nitrogens with zero attached hydrogens (tertiary/aromatic N) is 1. The van der Waals surface area contributed by atoms with Gasteiger partial charge in [-0.2, -0.15) is 0 Å². The number of piperidine rings is 1. The van der Waals surface area contributed by atoms with Crippen molar-refractivity contribution in [3.8, 4) is 0 Å². The van der Waals surface area contributed by atoms with Crippen molar-refractivity contribution in [2.45, 2.75) is 59.4 Å². The quantitative estimate of drug-likeness (QED) is 0.762. The summed E-state index contributed by atoms with van der Waals surface area (Å²) in [5.41, 5.74) is 0.756. The Hall–Kier alpha value is -1.88. The maximum Gasteiger partial charge on any atom is 0.251 e. The van der Waals surface area contributed by atoms with Crippen LogP contribution < -0.4 is 10.6 Å². The molecule has 144 valence electrons. The number of benzene rings is 1. The Balaban J connectivity index is 1.80. The molecule has 0 saturated carbocycles. The van der Waals surface area contributed by atoms with E-state index in [1.807, 2.05) is 20.8 Å². The third-order valence-corrected chi connectivity index (χ3v) is 4.91. The topological polar surface area (TPSA) is 61.4 Å². The summed E-state index contributed by atoms with van der Waals surface area (Å²) >= 11 is 0. The van der Waals surface area contributed by atoms with Crippen molar-refractivity contribution in [2.24, 2.45) is 5.41 Å². The van der Waals surface area contributed by atoms with Crippen molar-refractivity contribution in [2.75, 3.05) is 25.0 Å². The fourth-order valence-electron chi connectivity index (χ4n) is 3.13. The van der Waals surface area contributed by atoms with E-state index in [2.05, 4.69) is 22.5 Å². The van der Waals surface area contributed by atoms with E-state index >= 15 is 0 Å². The highest BCUT2D eigenvalue weighted by Gasteiger charge is 2.21. The van der Waals surface area contributed by atoms with Gasteiger partial charge in [0.25, 0.3) is 5.91 Å². The number of nitrogens with one attached hydrogen (secondary N) is 2. The molecule has 0 aromatic heterocycles. The van der Waals surface area contributed by atoms with Crippen molar-refractivity contribution < 1.29 is 9.59 Å². The van der Waals surface area contributed by atoms with E-state index in [-0.39, 0.29) is 11.8 Å². The van der Waals surface area contributed by atoms with Gasteiger partial charge in [0.1, 0.15) is 0 Å². The van der Waals surface area contributed by atoms with Gasteiger partial charge in [-0.15, -0.1) is 0 Å². The fraction of sp³-hybridized carbons (Fsp3) is 0.619. The maximum absolute atomic E-state index is 12.4. The summed E-state index contributed by atoms with van der Waals surface area (Å²) in [5.74, 6) is -0.158. The Kier molecular flexibility index (Phi) is 7.21. The first-order valence-electron chi connectivity index (χ1n) is 9.71. The van der Waals surface area contributed by atoms with E-state index in [0.29, 0.717) is 23.8 Å². The Morgan fingerprint density at radius 2 is 2.00 bits per heavy atom. The van der Waals surface area contributed by atoms with Crippen molar-refractivity contribution in [3.05, 3.63) is 29.8 Å². The van der Waals surface area contributed by atoms with Gasteiger partial charge in [0, 0.05) is 35.8 Å². The van der Waals surface area contributed by atoms with Crippen LogP contribution in [-0.4, -0.2) is 42.4 Å². The van der Waals surface area contributed by atoms with Crippen molar-refractivity contribution in [1.82, 2.24) is 10.2 Å². The smallest absolute Gasteiger partial charge is 0.251 e. The fourth-order valence-corrected chi connectivity index (χ4v) is 3.13. The second kappa shape index (κ2) is 9.17. The average Bonchev–Trinajstić information content (AvgIpc) is 2.59. The molecule has 0 aliphatic carbocycles. The van der Waals surface area contributed by atoms with E-state index in [1.165, 1.54) is 25.8 Å². The zero-order valence-electron chi connectivity index (χ0n) is 16.6. The highest BCUT2D eigenvalue weighted by atomic mass is 16.2. The molecular formula is C21H33N3O2. The number of anilines is 1. The normalized spacial score (nSPS) is 18.4. The maximum atomic E-state index is 12.4. The standard InChI is InChI=1S/C21H33N3O2/c1-16-9-5-6-13-24(16)14-8-12-22-19(25)17-10-7-11-18(15-17)23-20(26)21(2,3)4/h7,10-11,15-16H,5-6,8-9,12-14H2,1-4H3,(H,22,25)(H,23,26). The van der Waals surface area contributed by atoms with Gasteiger partial charge in [0.2, 0.25) is 5.91 Å². The molecule has 0 spiro atoms. The van der Waals surface area contributed by atoms with Crippen LogP contribution in [0.4, 0.5) is 5.69 Å². The molecule has 1 saturated heterocycles. The number of hydrogen-bond acceptors (Lipinski definition) is 3. The predicted molar refractivity (Wildman–Crippen MR) is 106 cm³/mol. The average molecular weight is 360 g/mol. The molecule has 1 aromatic rings. The molecule has 1 unspecified atom stereocenters. The van der Waals surface area contributed by atoms with Gasteiger partial charge >= 0.3 is 0 Å². The lowest BCUT2D eigenvalue weighted by Gasteiger charge is -2.33. The Labute approximate surface area is 157 Å². The molecule has 1 aliphatic heterocycles. The van der Waals surface area contributed by atoms with Gasteiger partial charge in [0.15, 0.2) is 0 Å². The summed E-state index contributed by atoms with van der Waals surface area (Å²) in [6.07, 6.45) is 4.84. The van der Waals surface area contributed by atoms with Gasteiger partial charge < -0.3 is 15.5 Å². The summed E-state index contributed by atoms with van der Waals surface area (Å²) in [4.78, 5) is 27.0. The predicted octanol–water partition coefficient (Wildman–Crippen LogP) is 3.67. The van der Waals surface area contributed by atoms with Gasteiger partial charge in [-0.3, -0.25) is 9.59 Å². The van der Waals surface area contributed by atoms with E-state index in [0.717, 1.165) is 13.0 Å². The highest BCUT2D eigenvalue weighted by Crippen LogP contribution is 2.18. The SMILES string of the molecule is CC1CCCCN1CCCNC(=O)c1cccc(NC(=O)C(C)(C)C)c1. The minimum atomic E-state index is -0.468. The van der Waals surface area contributed by atoms with Crippen molar-refractivity contribution in [3.63, 3.8) is 0 Å². The molecular weight excluding hydrogens is 326 g/mol. The molecule has 5 nitrogen and oxygen atoms in total. The summed E-state index contributed by atoms with van der Waals surface area (Å²) in [7, 11) is 0. The molecule has 26 heavy (non-hydrogen) atoms. The summed E-state index contributed by atoms with van der Waals surface area (Å²) in [6.45, 7) is 10.7. The van der Waals surface area contributed by atoms with Crippen molar-refractivity contribution >= 4 is 17.5 Å². The number of hydrogen-bond donors (Lipinski definition) is 2. The number of carbonyl (C=O) groups is 2. The second-order valence-corrected chi connectivity index (χ2v) is 8.28. The van der Waals surface area contributed by atoms with Crippen molar-refractivity contribution in [1.29, 1.82) is 0 Å². The molecule has 0 bridgehead atoms. The lowest BCUT2D eigenvalue weighted by Crippen LogP contribution is -2.39. The largest absolute Gasteiger partial charge is 0.352 e. The third kappa shape index (κ3) is 6.13. The van der Waals surface area contributed by atoms with Crippen LogP contribution in [0, 0.1) is 5.41 Å². The van der Waals surface area contributed by atoms with Crippen LogP contribution >= 0.6 is 0 Å². The van der Waals surface area contributed by atoms with Crippen LogP contribution in [0.15, 0.2) is 24.3 Å². The Morgan fingerprint density at radius 1 is 1.23 bits per heavy atom. The van der Waals surface area contributed by atoms with Gasteiger partial charge in [-0.1, -0.05) is 33.3 Å². The highest BCUT2D eigenvalue weighted by molar-refractivity contribution is 5.98. The molecule has 2 N–H and O–H groups in total. The Bertz CT molecular complexity index is 622. The lowest BCUT2D eigenvalue weighted by atomic mass is 9.95. The lowest BCUT2D eigenvalue weighted by molar-refractivity contribution is -0.123. The van der Waals surface area contributed by atoms with E-state index in [1.54, 1.807) is 24.3 Å². The van der Waals surface area contributed by atoms with Gasteiger partial charge in [0.05, 0.1) is 0 Å².